The molecule has 0 saturated carbocycles. The monoisotopic (exact) mass is 351 g/mol. The van der Waals surface area contributed by atoms with Crippen LogP contribution in [0.25, 0.3) is 17.0 Å². The summed E-state index contributed by atoms with van der Waals surface area (Å²) in [5.41, 5.74) is 2.26. The van der Waals surface area contributed by atoms with Crippen LogP contribution in [0.15, 0.2) is 64.6 Å². The van der Waals surface area contributed by atoms with Crippen molar-refractivity contribution in [3.05, 3.63) is 71.0 Å². The molecule has 0 bridgehead atoms. The number of amides is 1. The molecule has 0 unspecified atom stereocenters. The molecular weight excluding hydrogens is 337 g/mol. The molecule has 3 aromatic rings. The van der Waals surface area contributed by atoms with Crippen molar-refractivity contribution >= 4 is 45.5 Å². The minimum atomic E-state index is -0.420. The summed E-state index contributed by atoms with van der Waals surface area (Å²) >= 11 is 1.21. The zero-order chi connectivity index (χ0) is 17.4. The van der Waals surface area contributed by atoms with Gasteiger partial charge < -0.3 is 9.88 Å². The first-order valence-corrected chi connectivity index (χ1v) is 8.51. The van der Waals surface area contributed by atoms with E-state index in [2.05, 4.69) is 10.3 Å². The lowest BCUT2D eigenvalue weighted by Crippen LogP contribution is -2.19. The molecule has 1 aromatic heterocycles. The average Bonchev–Trinajstić information content (AvgIpc) is 3.11. The molecule has 1 N–H and O–H groups in total. The van der Waals surface area contributed by atoms with Crippen LogP contribution in [0.4, 0.5) is 10.1 Å². The molecule has 2 aromatic carbocycles. The number of amidine groups is 1. The molecule has 0 radical (unpaired) electrons. The number of aliphatic imine (C=N–C) groups is 1. The molecule has 0 aliphatic carbocycles. The second-order valence-corrected chi connectivity index (χ2v) is 6.68. The number of hydrogen-bond acceptors (Lipinski definition) is 3. The maximum absolute atomic E-state index is 13.7. The van der Waals surface area contributed by atoms with Crippen molar-refractivity contribution in [3.8, 4) is 0 Å². The van der Waals surface area contributed by atoms with E-state index < -0.39 is 5.82 Å². The number of halogens is 1. The summed E-state index contributed by atoms with van der Waals surface area (Å²) in [7, 11) is 1.97. The third-order valence-corrected chi connectivity index (χ3v) is 4.85. The van der Waals surface area contributed by atoms with Crippen LogP contribution in [-0.4, -0.2) is 15.6 Å². The zero-order valence-electron chi connectivity index (χ0n) is 13.4. The van der Waals surface area contributed by atoms with E-state index in [9.17, 15) is 9.18 Å². The van der Waals surface area contributed by atoms with Crippen molar-refractivity contribution in [2.45, 2.75) is 0 Å². The van der Waals surface area contributed by atoms with E-state index in [-0.39, 0.29) is 11.6 Å². The van der Waals surface area contributed by atoms with Crippen molar-refractivity contribution in [2.75, 3.05) is 0 Å². The fraction of sp³-hybridized carbons (Fsp3) is 0.0526. The van der Waals surface area contributed by atoms with Gasteiger partial charge in [-0.1, -0.05) is 30.3 Å². The Labute approximate surface area is 148 Å². The molecule has 25 heavy (non-hydrogen) atoms. The van der Waals surface area contributed by atoms with E-state index in [1.165, 1.54) is 17.8 Å². The average molecular weight is 351 g/mol. The van der Waals surface area contributed by atoms with Gasteiger partial charge in [0.25, 0.3) is 5.91 Å². The summed E-state index contributed by atoms with van der Waals surface area (Å²) in [6.45, 7) is 0. The molecule has 1 aliphatic heterocycles. The number of aromatic nitrogens is 1. The van der Waals surface area contributed by atoms with Gasteiger partial charge in [-0.2, -0.15) is 0 Å². The Morgan fingerprint density at radius 3 is 2.76 bits per heavy atom. The first-order valence-electron chi connectivity index (χ1n) is 7.70. The maximum atomic E-state index is 13.7. The third kappa shape index (κ3) is 2.96. The van der Waals surface area contributed by atoms with Crippen LogP contribution >= 0.6 is 11.8 Å². The van der Waals surface area contributed by atoms with Gasteiger partial charge in [0.1, 0.15) is 11.5 Å². The Bertz CT molecular complexity index is 1050. The molecule has 1 fully saturated rings. The number of thioether (sulfide) groups is 1. The Balaban J connectivity index is 1.69. The quantitative estimate of drug-likeness (QED) is 0.703. The van der Waals surface area contributed by atoms with Crippen molar-refractivity contribution in [1.82, 2.24) is 9.88 Å². The van der Waals surface area contributed by atoms with Crippen LogP contribution in [0.3, 0.4) is 0 Å². The van der Waals surface area contributed by atoms with Gasteiger partial charge in [-0.05, 0) is 36.0 Å². The third-order valence-electron chi connectivity index (χ3n) is 3.94. The molecule has 1 saturated heterocycles. The van der Waals surface area contributed by atoms with Crippen molar-refractivity contribution in [2.24, 2.45) is 12.0 Å². The van der Waals surface area contributed by atoms with Gasteiger partial charge in [-0.15, -0.1) is 0 Å². The number of hydrogen-bond donors (Lipinski definition) is 1. The molecule has 6 heteroatoms. The van der Waals surface area contributed by atoms with Crippen LogP contribution in [0.5, 0.6) is 0 Å². The summed E-state index contributed by atoms with van der Waals surface area (Å²) in [5, 5.41) is 4.14. The number of nitrogens with zero attached hydrogens (tertiary/aromatic N) is 2. The van der Waals surface area contributed by atoms with Crippen molar-refractivity contribution in [3.63, 3.8) is 0 Å². The maximum Gasteiger partial charge on any atom is 0.264 e. The Morgan fingerprint density at radius 1 is 1.16 bits per heavy atom. The van der Waals surface area contributed by atoms with E-state index in [1.54, 1.807) is 18.2 Å². The minimum absolute atomic E-state index is 0.205. The highest BCUT2D eigenvalue weighted by molar-refractivity contribution is 8.18. The van der Waals surface area contributed by atoms with Crippen LogP contribution in [0.1, 0.15) is 5.56 Å². The van der Waals surface area contributed by atoms with Gasteiger partial charge in [-0.3, -0.25) is 4.79 Å². The molecule has 1 amide bonds. The molecule has 124 valence electrons. The van der Waals surface area contributed by atoms with Crippen molar-refractivity contribution < 1.29 is 9.18 Å². The first-order chi connectivity index (χ1) is 12.1. The minimum Gasteiger partial charge on any atom is -0.350 e. The Hall–Kier alpha value is -2.86. The predicted molar refractivity (Wildman–Crippen MR) is 100 cm³/mol. The number of carbonyl (C=O) groups excluding carboxylic acids is 1. The van der Waals surface area contributed by atoms with Crippen molar-refractivity contribution in [1.29, 1.82) is 0 Å². The molecule has 0 atom stereocenters. The van der Waals surface area contributed by atoms with E-state index in [4.69, 9.17) is 0 Å². The normalized spacial score (nSPS) is 17.6. The number of para-hydroxylation sites is 2. The fourth-order valence-corrected chi connectivity index (χ4v) is 3.59. The first kappa shape index (κ1) is 15.7. The van der Waals surface area contributed by atoms with E-state index >= 15 is 0 Å². The second kappa shape index (κ2) is 6.22. The Kier molecular flexibility index (Phi) is 3.89. The van der Waals surface area contributed by atoms with Crippen LogP contribution < -0.4 is 5.32 Å². The van der Waals surface area contributed by atoms with E-state index in [0.29, 0.717) is 10.1 Å². The van der Waals surface area contributed by atoms with E-state index in [0.717, 1.165) is 16.5 Å². The van der Waals surface area contributed by atoms with Crippen LogP contribution in [0, 0.1) is 5.82 Å². The predicted octanol–water partition coefficient (Wildman–Crippen LogP) is 4.21. The second-order valence-electron chi connectivity index (χ2n) is 5.65. The number of carbonyl (C=O) groups is 1. The van der Waals surface area contributed by atoms with E-state index in [1.807, 2.05) is 48.2 Å². The number of fused-ring (bicyclic) bond motifs is 1. The molecule has 0 spiro atoms. The summed E-state index contributed by atoms with van der Waals surface area (Å²) in [5.74, 6) is -0.649. The topological polar surface area (TPSA) is 46.4 Å². The lowest BCUT2D eigenvalue weighted by atomic mass is 10.1. The molecule has 4 rings (SSSR count). The largest absolute Gasteiger partial charge is 0.350 e. The van der Waals surface area contributed by atoms with Gasteiger partial charge in [0.05, 0.1) is 4.91 Å². The molecule has 2 heterocycles. The lowest BCUT2D eigenvalue weighted by Gasteiger charge is -1.97. The standard InChI is InChI=1S/C19H14FN3OS/c1-23-11-12(13-6-2-5-9-16(13)23)10-17-18(24)22-19(25-17)21-15-8-4-3-7-14(15)20/h2-11H,1H3,(H,21,22,24). The van der Waals surface area contributed by atoms with Crippen LogP contribution in [0.2, 0.25) is 0 Å². The summed E-state index contributed by atoms with van der Waals surface area (Å²) in [6, 6.07) is 14.2. The molecule has 4 nitrogen and oxygen atoms in total. The smallest absolute Gasteiger partial charge is 0.264 e. The molecule has 1 aliphatic rings. The van der Waals surface area contributed by atoms with Gasteiger partial charge in [0, 0.05) is 29.7 Å². The SMILES string of the molecule is Cn1cc(C=C2SC(=Nc3ccccc3F)NC2=O)c2ccccc21. The van der Waals surface area contributed by atoms with Crippen LogP contribution in [-0.2, 0) is 11.8 Å². The highest BCUT2D eigenvalue weighted by Crippen LogP contribution is 2.31. The number of benzene rings is 2. The number of nitrogens with one attached hydrogen (secondary N) is 1. The Morgan fingerprint density at radius 2 is 1.92 bits per heavy atom. The summed E-state index contributed by atoms with van der Waals surface area (Å²) in [4.78, 5) is 17.0. The highest BCUT2D eigenvalue weighted by atomic mass is 32.2. The zero-order valence-corrected chi connectivity index (χ0v) is 14.2. The van der Waals surface area contributed by atoms with Gasteiger partial charge in [0.2, 0.25) is 0 Å². The lowest BCUT2D eigenvalue weighted by molar-refractivity contribution is -0.115. The fourth-order valence-electron chi connectivity index (χ4n) is 2.76. The number of aryl methyl sites for hydroxylation is 1. The summed E-state index contributed by atoms with van der Waals surface area (Å²) in [6.07, 6.45) is 3.82. The van der Waals surface area contributed by atoms with Gasteiger partial charge in [-0.25, -0.2) is 9.38 Å². The number of rotatable bonds is 2. The van der Waals surface area contributed by atoms with Gasteiger partial charge in [0.15, 0.2) is 5.17 Å². The van der Waals surface area contributed by atoms with Gasteiger partial charge >= 0.3 is 0 Å². The summed E-state index contributed by atoms with van der Waals surface area (Å²) < 4.78 is 15.7. The highest BCUT2D eigenvalue weighted by Gasteiger charge is 2.24. The molecular formula is C19H14FN3OS.